The third-order valence-corrected chi connectivity index (χ3v) is 4.43. The lowest BCUT2D eigenvalue weighted by atomic mass is 9.80. The van der Waals surface area contributed by atoms with Crippen LogP contribution in [0.25, 0.3) is 0 Å². The van der Waals surface area contributed by atoms with E-state index in [-0.39, 0.29) is 24.4 Å². The predicted octanol–water partition coefficient (Wildman–Crippen LogP) is 0.970. The average molecular weight is 256 g/mol. The summed E-state index contributed by atoms with van der Waals surface area (Å²) in [5.74, 6) is -1.62. The molecular weight excluding hydrogens is 236 g/mol. The third-order valence-electron chi connectivity index (χ3n) is 4.43. The van der Waals surface area contributed by atoms with Crippen molar-refractivity contribution < 1.29 is 24.2 Å². The fourth-order valence-corrected chi connectivity index (χ4v) is 3.04. The normalized spacial score (nSPS) is 51.2. The van der Waals surface area contributed by atoms with Gasteiger partial charge in [0.25, 0.3) is 0 Å². The summed E-state index contributed by atoms with van der Waals surface area (Å²) in [6.45, 7) is 7.74. The molecule has 0 aromatic rings. The van der Waals surface area contributed by atoms with Gasteiger partial charge in [-0.3, -0.25) is 9.59 Å². The number of rotatable bonds is 2. The van der Waals surface area contributed by atoms with Crippen molar-refractivity contribution in [2.45, 2.75) is 70.1 Å². The maximum atomic E-state index is 11.6. The first-order valence-electron chi connectivity index (χ1n) is 6.11. The molecule has 0 spiro atoms. The van der Waals surface area contributed by atoms with Crippen LogP contribution in [0.5, 0.6) is 0 Å². The van der Waals surface area contributed by atoms with Crippen molar-refractivity contribution >= 4 is 11.6 Å². The number of ketones is 2. The first-order valence-corrected chi connectivity index (χ1v) is 6.11. The van der Waals surface area contributed by atoms with E-state index in [9.17, 15) is 14.7 Å². The molecule has 5 nitrogen and oxygen atoms in total. The monoisotopic (exact) mass is 256 g/mol. The Labute approximate surface area is 106 Å². The summed E-state index contributed by atoms with van der Waals surface area (Å²) in [6, 6.07) is 0. The number of carbonyl (C=O) groups excluding carboxylic acids is 2. The molecule has 5 heteroatoms. The van der Waals surface area contributed by atoms with Gasteiger partial charge in [0.1, 0.15) is 16.8 Å². The second-order valence-corrected chi connectivity index (χ2v) is 6.11. The maximum Gasteiger partial charge on any atom is 0.196 e. The molecule has 2 atom stereocenters. The van der Waals surface area contributed by atoms with E-state index in [2.05, 4.69) is 0 Å². The molecule has 18 heavy (non-hydrogen) atoms. The van der Waals surface area contributed by atoms with Gasteiger partial charge in [-0.2, -0.15) is 0 Å². The number of fused-ring (bicyclic) bond motifs is 1. The maximum absolute atomic E-state index is 11.6. The van der Waals surface area contributed by atoms with Crippen LogP contribution in [0.3, 0.4) is 0 Å². The van der Waals surface area contributed by atoms with Gasteiger partial charge in [0.05, 0.1) is 0 Å². The van der Waals surface area contributed by atoms with Gasteiger partial charge in [-0.1, -0.05) is 0 Å². The lowest BCUT2D eigenvalue weighted by Crippen LogP contribution is -2.45. The molecule has 1 N–H and O–H groups in total. The van der Waals surface area contributed by atoms with E-state index in [0.717, 1.165) is 0 Å². The average Bonchev–Trinajstić information content (AvgIpc) is 2.43. The molecule has 2 unspecified atom stereocenters. The Morgan fingerprint density at radius 2 is 1.28 bits per heavy atom. The van der Waals surface area contributed by atoms with Crippen LogP contribution in [-0.4, -0.2) is 39.3 Å². The number of Topliss-reactive ketones (excluding diaryl/α,β-unsaturated/α-hetero) is 2. The smallest absolute Gasteiger partial charge is 0.196 e. The Kier molecular flexibility index (Phi) is 2.58. The Hall–Kier alpha value is -0.780. The number of ether oxygens (including phenoxy) is 2. The lowest BCUT2D eigenvalue weighted by Gasteiger charge is -2.31. The van der Waals surface area contributed by atoms with Crippen molar-refractivity contribution in [1.82, 2.24) is 0 Å². The second kappa shape index (κ2) is 3.40. The largest absolute Gasteiger partial charge is 0.384 e. The molecule has 2 rings (SSSR count). The SMILES string of the molecule is CC(=O)C1(C)CC2(O)CC(C)(C(C)=O)OC2(C)O1. The first kappa shape index (κ1) is 13.6. The Morgan fingerprint density at radius 1 is 0.944 bits per heavy atom. The topological polar surface area (TPSA) is 72.8 Å². The molecule has 102 valence electrons. The van der Waals surface area contributed by atoms with Crippen molar-refractivity contribution in [2.75, 3.05) is 0 Å². The molecule has 0 bridgehead atoms. The fraction of sp³-hybridized carbons (Fsp3) is 0.846. The lowest BCUT2D eigenvalue weighted by molar-refractivity contribution is -0.270. The van der Waals surface area contributed by atoms with E-state index in [1.54, 1.807) is 20.8 Å². The van der Waals surface area contributed by atoms with Crippen LogP contribution in [0.2, 0.25) is 0 Å². The van der Waals surface area contributed by atoms with Gasteiger partial charge in [-0.15, -0.1) is 0 Å². The molecule has 2 heterocycles. The van der Waals surface area contributed by atoms with Crippen LogP contribution < -0.4 is 0 Å². The van der Waals surface area contributed by atoms with Gasteiger partial charge >= 0.3 is 0 Å². The van der Waals surface area contributed by atoms with E-state index in [0.29, 0.717) is 0 Å². The van der Waals surface area contributed by atoms with E-state index >= 15 is 0 Å². The summed E-state index contributed by atoms with van der Waals surface area (Å²) in [6.07, 6.45) is 0.295. The molecular formula is C13H20O5. The standard InChI is InChI=1S/C13H20O5/c1-8(14)10(3)6-13(16)7-11(4,9(2)15)18-12(13,5)17-10/h16H,6-7H2,1-5H3. The molecule has 0 aromatic heterocycles. The zero-order chi connectivity index (χ0) is 14.0. The highest BCUT2D eigenvalue weighted by Gasteiger charge is 2.71. The summed E-state index contributed by atoms with van der Waals surface area (Å²) >= 11 is 0. The highest BCUT2D eigenvalue weighted by Crippen LogP contribution is 2.56. The molecule has 0 amide bonds. The van der Waals surface area contributed by atoms with Gasteiger partial charge in [-0.25, -0.2) is 0 Å². The highest BCUT2D eigenvalue weighted by molar-refractivity contribution is 5.87. The number of aliphatic hydroxyl groups is 1. The van der Waals surface area contributed by atoms with Gasteiger partial charge < -0.3 is 14.6 Å². The first-order chi connectivity index (χ1) is 7.97. The molecule has 0 radical (unpaired) electrons. The summed E-state index contributed by atoms with van der Waals surface area (Å²) in [5, 5.41) is 10.7. The van der Waals surface area contributed by atoms with Crippen molar-refractivity contribution in [1.29, 1.82) is 0 Å². The zero-order valence-electron chi connectivity index (χ0n) is 11.5. The fourth-order valence-electron chi connectivity index (χ4n) is 3.04. The van der Waals surface area contributed by atoms with E-state index in [4.69, 9.17) is 9.47 Å². The van der Waals surface area contributed by atoms with Gasteiger partial charge in [0.2, 0.25) is 0 Å². The quantitative estimate of drug-likeness (QED) is 0.797. The molecule has 0 saturated carbocycles. The molecule has 2 aliphatic rings. The van der Waals surface area contributed by atoms with Crippen LogP contribution in [0.15, 0.2) is 0 Å². The second-order valence-electron chi connectivity index (χ2n) is 6.11. The molecule has 2 fully saturated rings. The van der Waals surface area contributed by atoms with Crippen molar-refractivity contribution in [2.24, 2.45) is 0 Å². The zero-order valence-corrected chi connectivity index (χ0v) is 11.5. The van der Waals surface area contributed by atoms with Gasteiger partial charge in [-0.05, 0) is 34.6 Å². The van der Waals surface area contributed by atoms with Gasteiger partial charge in [0.15, 0.2) is 17.4 Å². The van der Waals surface area contributed by atoms with Gasteiger partial charge in [0, 0.05) is 12.8 Å². The summed E-state index contributed by atoms with van der Waals surface area (Å²) in [7, 11) is 0. The Morgan fingerprint density at radius 3 is 1.50 bits per heavy atom. The van der Waals surface area contributed by atoms with Crippen molar-refractivity contribution in [3.63, 3.8) is 0 Å². The van der Waals surface area contributed by atoms with E-state index in [1.165, 1.54) is 13.8 Å². The van der Waals surface area contributed by atoms with Crippen LogP contribution in [0, 0.1) is 0 Å². The predicted molar refractivity (Wildman–Crippen MR) is 62.9 cm³/mol. The Balaban J connectivity index is 2.37. The number of hydrogen-bond donors (Lipinski definition) is 1. The van der Waals surface area contributed by atoms with Crippen molar-refractivity contribution in [3.05, 3.63) is 0 Å². The highest BCUT2D eigenvalue weighted by atomic mass is 16.7. The van der Waals surface area contributed by atoms with Crippen LogP contribution in [0.1, 0.15) is 47.5 Å². The minimum atomic E-state index is -1.31. The van der Waals surface area contributed by atoms with E-state index < -0.39 is 22.6 Å². The molecule has 2 saturated heterocycles. The minimum Gasteiger partial charge on any atom is -0.384 e. The molecule has 2 aliphatic heterocycles. The summed E-state index contributed by atoms with van der Waals surface area (Å²) in [5.41, 5.74) is -3.42. The Bertz CT molecular complexity index is 373. The third kappa shape index (κ3) is 1.57. The van der Waals surface area contributed by atoms with Crippen LogP contribution in [-0.2, 0) is 19.1 Å². The van der Waals surface area contributed by atoms with Crippen LogP contribution >= 0.6 is 0 Å². The number of carbonyl (C=O) groups is 2. The molecule has 0 aliphatic carbocycles. The summed E-state index contributed by atoms with van der Waals surface area (Å²) < 4.78 is 11.4. The van der Waals surface area contributed by atoms with Crippen molar-refractivity contribution in [3.8, 4) is 0 Å². The number of hydrogen-bond acceptors (Lipinski definition) is 5. The minimum absolute atomic E-state index is 0.148. The molecule has 0 aromatic carbocycles. The van der Waals surface area contributed by atoms with Crippen LogP contribution in [0.4, 0.5) is 0 Å². The summed E-state index contributed by atoms with van der Waals surface area (Å²) in [4.78, 5) is 23.2. The van der Waals surface area contributed by atoms with E-state index in [1.807, 2.05) is 0 Å².